The van der Waals surface area contributed by atoms with Crippen LogP contribution in [0.25, 0.3) is 0 Å². The highest BCUT2D eigenvalue weighted by Gasteiger charge is 2.67. The molecule has 0 aromatic heterocycles. The molecule has 1 aromatic rings. The number of halogens is 2. The van der Waals surface area contributed by atoms with Gasteiger partial charge in [-0.15, -0.1) is 0 Å². The van der Waals surface area contributed by atoms with Crippen molar-refractivity contribution in [3.63, 3.8) is 0 Å². The van der Waals surface area contributed by atoms with Gasteiger partial charge in [-0.3, -0.25) is 0 Å². The molecular weight excluding hydrogens is 256 g/mol. The molecule has 0 aliphatic heterocycles. The normalized spacial score (nSPS) is 21.8. The fourth-order valence-corrected chi connectivity index (χ4v) is 3.54. The zero-order valence-corrected chi connectivity index (χ0v) is 13.1. The maximum atomic E-state index is 14.1. The van der Waals surface area contributed by atoms with E-state index in [2.05, 4.69) is 39.9 Å². The molecular formula is C17H25F2N. The van der Waals surface area contributed by atoms with Crippen molar-refractivity contribution in [3.8, 4) is 0 Å². The Balaban J connectivity index is 2.37. The van der Waals surface area contributed by atoms with E-state index >= 15 is 0 Å². The molecule has 1 fully saturated rings. The Bertz CT molecular complexity index is 480. The third-order valence-corrected chi connectivity index (χ3v) is 5.37. The van der Waals surface area contributed by atoms with Crippen LogP contribution in [0.5, 0.6) is 0 Å². The van der Waals surface area contributed by atoms with E-state index in [0.29, 0.717) is 11.5 Å². The lowest BCUT2D eigenvalue weighted by Gasteiger charge is -2.22. The summed E-state index contributed by atoms with van der Waals surface area (Å²) >= 11 is 0. The van der Waals surface area contributed by atoms with E-state index < -0.39 is 0 Å². The molecule has 2 rings (SSSR count). The Morgan fingerprint density at radius 1 is 1.15 bits per heavy atom. The number of nitrogens with one attached hydrogen (secondary N) is 1. The molecule has 1 N–H and O–H groups in total. The van der Waals surface area contributed by atoms with Gasteiger partial charge in [0, 0.05) is 11.6 Å². The number of hydrogen-bond acceptors (Lipinski definition) is 1. The molecule has 1 aliphatic rings. The molecule has 1 aromatic carbocycles. The summed E-state index contributed by atoms with van der Waals surface area (Å²) in [5.74, 6) is -0.391. The summed E-state index contributed by atoms with van der Waals surface area (Å²) in [5, 5.41) is 3.42. The first-order valence-corrected chi connectivity index (χ1v) is 7.41. The van der Waals surface area contributed by atoms with Crippen LogP contribution >= 0.6 is 0 Å². The zero-order valence-electron chi connectivity index (χ0n) is 13.1. The number of hydrogen-bond donors (Lipinski definition) is 1. The summed E-state index contributed by atoms with van der Waals surface area (Å²) in [6, 6.07) is 3.62. The lowest BCUT2D eigenvalue weighted by atomic mass is 9.95. The van der Waals surface area contributed by atoms with Crippen molar-refractivity contribution >= 4 is 0 Å². The predicted molar refractivity (Wildman–Crippen MR) is 78.4 cm³/mol. The van der Waals surface area contributed by atoms with Crippen LogP contribution in [0, 0.1) is 28.4 Å². The van der Waals surface area contributed by atoms with Crippen LogP contribution in [0.1, 0.15) is 52.6 Å². The van der Waals surface area contributed by atoms with Crippen LogP contribution in [0.2, 0.25) is 0 Å². The van der Waals surface area contributed by atoms with Gasteiger partial charge >= 0.3 is 0 Å². The van der Waals surface area contributed by atoms with E-state index in [4.69, 9.17) is 0 Å². The largest absolute Gasteiger partial charge is 0.310 e. The molecule has 0 saturated heterocycles. The maximum Gasteiger partial charge on any atom is 0.128 e. The summed E-state index contributed by atoms with van der Waals surface area (Å²) in [5.41, 5.74) is 0.705. The summed E-state index contributed by atoms with van der Waals surface area (Å²) in [7, 11) is 0. The maximum absolute atomic E-state index is 14.1. The molecule has 0 radical (unpaired) electrons. The van der Waals surface area contributed by atoms with E-state index in [1.807, 2.05) is 0 Å². The third kappa shape index (κ3) is 2.37. The minimum absolute atomic E-state index is 0.122. The van der Waals surface area contributed by atoms with Crippen LogP contribution in [0.15, 0.2) is 18.2 Å². The van der Waals surface area contributed by atoms with Gasteiger partial charge in [0.2, 0.25) is 0 Å². The van der Waals surface area contributed by atoms with Gasteiger partial charge in [-0.2, -0.15) is 0 Å². The van der Waals surface area contributed by atoms with Gasteiger partial charge in [0.05, 0.1) is 0 Å². The summed E-state index contributed by atoms with van der Waals surface area (Å²) in [4.78, 5) is 0. The Hall–Kier alpha value is -0.960. The average molecular weight is 281 g/mol. The third-order valence-electron chi connectivity index (χ3n) is 5.37. The molecule has 20 heavy (non-hydrogen) atoms. The lowest BCUT2D eigenvalue weighted by molar-refractivity contribution is 0.394. The van der Waals surface area contributed by atoms with Gasteiger partial charge in [0.25, 0.3) is 0 Å². The van der Waals surface area contributed by atoms with Gasteiger partial charge in [0.15, 0.2) is 0 Å². The fraction of sp³-hybridized carbons (Fsp3) is 0.647. The highest BCUT2D eigenvalue weighted by atomic mass is 19.1. The SMILES string of the molecule is CCCNC(c1cc(F)ccc1F)C1C(C)(C)C1(C)C. The Morgan fingerprint density at radius 2 is 1.75 bits per heavy atom. The van der Waals surface area contributed by atoms with Crippen LogP contribution in [-0.4, -0.2) is 6.54 Å². The van der Waals surface area contributed by atoms with Crippen molar-refractivity contribution in [2.45, 2.75) is 47.1 Å². The number of rotatable bonds is 5. The van der Waals surface area contributed by atoms with Crippen molar-refractivity contribution in [1.29, 1.82) is 0 Å². The van der Waals surface area contributed by atoms with Gasteiger partial charge in [-0.25, -0.2) is 8.78 Å². The molecule has 112 valence electrons. The first kappa shape index (κ1) is 15.4. The molecule has 1 nitrogen and oxygen atoms in total. The molecule has 0 amide bonds. The standard InChI is InChI=1S/C17H25F2N/c1-6-9-20-14(15-16(2,3)17(15,4)5)12-10-11(18)7-8-13(12)19/h7-8,10,14-15,20H,6,9H2,1-5H3. The molecule has 1 saturated carbocycles. The van der Waals surface area contributed by atoms with E-state index in [1.54, 1.807) is 0 Å². The highest BCUT2D eigenvalue weighted by molar-refractivity contribution is 5.29. The number of benzene rings is 1. The van der Waals surface area contributed by atoms with Crippen LogP contribution in [0.3, 0.4) is 0 Å². The minimum Gasteiger partial charge on any atom is -0.310 e. The second-order valence-corrected chi connectivity index (χ2v) is 7.02. The Kier molecular flexibility index (Phi) is 3.94. The van der Waals surface area contributed by atoms with E-state index in [9.17, 15) is 8.78 Å². The van der Waals surface area contributed by atoms with Crippen molar-refractivity contribution in [1.82, 2.24) is 5.32 Å². The second kappa shape index (κ2) is 5.10. The van der Waals surface area contributed by atoms with Crippen LogP contribution in [-0.2, 0) is 0 Å². The lowest BCUT2D eigenvalue weighted by Crippen LogP contribution is -2.27. The van der Waals surface area contributed by atoms with E-state index in [-0.39, 0.29) is 28.5 Å². The van der Waals surface area contributed by atoms with Crippen molar-refractivity contribution in [2.75, 3.05) is 6.54 Å². The predicted octanol–water partition coefficient (Wildman–Crippen LogP) is 4.69. The molecule has 1 aliphatic carbocycles. The average Bonchev–Trinajstić information content (AvgIpc) is 2.76. The first-order valence-electron chi connectivity index (χ1n) is 7.41. The van der Waals surface area contributed by atoms with Crippen molar-refractivity contribution in [2.24, 2.45) is 16.7 Å². The van der Waals surface area contributed by atoms with Crippen LogP contribution in [0.4, 0.5) is 8.78 Å². The van der Waals surface area contributed by atoms with E-state index in [0.717, 1.165) is 13.0 Å². The molecule has 0 bridgehead atoms. The molecule has 3 heteroatoms. The highest BCUT2D eigenvalue weighted by Crippen LogP contribution is 2.72. The van der Waals surface area contributed by atoms with Gasteiger partial charge in [-0.1, -0.05) is 34.6 Å². The smallest absolute Gasteiger partial charge is 0.128 e. The van der Waals surface area contributed by atoms with Crippen LogP contribution < -0.4 is 5.32 Å². The zero-order chi connectivity index (χ0) is 15.1. The van der Waals surface area contributed by atoms with Crippen molar-refractivity contribution < 1.29 is 8.78 Å². The van der Waals surface area contributed by atoms with Gasteiger partial charge in [-0.05, 0) is 47.9 Å². The molecule has 0 spiro atoms. The quantitative estimate of drug-likeness (QED) is 0.825. The minimum atomic E-state index is -0.374. The Labute approximate surface area is 120 Å². The Morgan fingerprint density at radius 3 is 2.25 bits per heavy atom. The van der Waals surface area contributed by atoms with Gasteiger partial charge in [0.1, 0.15) is 11.6 Å². The topological polar surface area (TPSA) is 12.0 Å². The molecule has 0 heterocycles. The summed E-state index contributed by atoms with van der Waals surface area (Å²) in [6.07, 6.45) is 0.973. The molecule has 1 atom stereocenters. The molecule has 1 unspecified atom stereocenters. The summed E-state index contributed by atoms with van der Waals surface area (Å²) < 4.78 is 27.6. The monoisotopic (exact) mass is 281 g/mol. The van der Waals surface area contributed by atoms with Crippen molar-refractivity contribution in [3.05, 3.63) is 35.4 Å². The first-order chi connectivity index (χ1) is 9.23. The van der Waals surface area contributed by atoms with Gasteiger partial charge < -0.3 is 5.32 Å². The fourth-order valence-electron chi connectivity index (χ4n) is 3.54. The second-order valence-electron chi connectivity index (χ2n) is 7.02. The van der Waals surface area contributed by atoms with E-state index in [1.165, 1.54) is 18.2 Å². The summed E-state index contributed by atoms with van der Waals surface area (Å²) in [6.45, 7) is 11.7.